The molecule has 114 valence electrons. The molecule has 0 bridgehead atoms. The molecule has 0 aromatic rings. The van der Waals surface area contributed by atoms with Crippen LogP contribution in [0.3, 0.4) is 0 Å². The molecule has 0 fully saturated rings. The molecule has 19 heavy (non-hydrogen) atoms. The Labute approximate surface area is 97.2 Å². The van der Waals surface area contributed by atoms with Crippen LogP contribution >= 0.6 is 0 Å². The van der Waals surface area contributed by atoms with Gasteiger partial charge in [-0.15, -0.1) is 3.89 Å². The lowest BCUT2D eigenvalue weighted by molar-refractivity contribution is -0.347. The van der Waals surface area contributed by atoms with Gasteiger partial charge in [0.1, 0.15) is 0 Å². The highest BCUT2D eigenvalue weighted by molar-refractivity contribution is 7.87. The van der Waals surface area contributed by atoms with E-state index in [-0.39, 0.29) is 0 Å². The highest BCUT2D eigenvalue weighted by Gasteiger charge is 2.83. The van der Waals surface area contributed by atoms with Crippen molar-refractivity contribution in [3.8, 4) is 0 Å². The first-order chi connectivity index (χ1) is 8.08. The van der Waals surface area contributed by atoms with Gasteiger partial charge < -0.3 is 4.74 Å². The Morgan fingerprint density at radius 2 is 1.26 bits per heavy atom. The zero-order valence-electron chi connectivity index (χ0n) is 7.91. The van der Waals surface area contributed by atoms with Gasteiger partial charge in [-0.05, 0) is 0 Å². The quantitative estimate of drug-likeness (QED) is 0.452. The van der Waals surface area contributed by atoms with Gasteiger partial charge in [-0.1, -0.05) is 0 Å². The molecule has 0 saturated heterocycles. The van der Waals surface area contributed by atoms with Crippen molar-refractivity contribution < 1.29 is 56.6 Å². The summed E-state index contributed by atoms with van der Waals surface area (Å²) in [5, 5.41) is -7.07. The average Bonchev–Trinajstić information content (AvgIpc) is 2.11. The van der Waals surface area contributed by atoms with Gasteiger partial charge >= 0.3 is 39.6 Å². The normalized spacial score (nSPS) is 16.7. The highest BCUT2D eigenvalue weighted by Crippen LogP contribution is 2.51. The third-order valence-electron chi connectivity index (χ3n) is 1.44. The molecule has 0 radical (unpaired) electrons. The summed E-state index contributed by atoms with van der Waals surface area (Å²) in [5.74, 6) is 0. The maximum Gasteiger partial charge on any atom is 0.462 e. The van der Waals surface area contributed by atoms with Gasteiger partial charge in [-0.25, -0.2) is 4.39 Å². The van der Waals surface area contributed by atoms with Crippen LogP contribution in [-0.2, 0) is 15.0 Å². The Kier molecular flexibility index (Phi) is 4.42. The molecule has 3 nitrogen and oxygen atoms in total. The number of hydrogen-bond acceptors (Lipinski definition) is 3. The second-order valence-electron chi connectivity index (χ2n) is 2.68. The first kappa shape index (κ1) is 17.8. The van der Waals surface area contributed by atoms with Gasteiger partial charge in [0.2, 0.25) is 0 Å². The second-order valence-corrected chi connectivity index (χ2v) is 4.12. The first-order valence-electron chi connectivity index (χ1n) is 3.55. The summed E-state index contributed by atoms with van der Waals surface area (Å²) in [6.07, 6.45) is -17.7. The van der Waals surface area contributed by atoms with Gasteiger partial charge in [0, 0.05) is 0 Å². The molecule has 0 aromatic heterocycles. The van der Waals surface area contributed by atoms with Crippen LogP contribution in [0.25, 0.3) is 0 Å². The average molecular weight is 330 g/mol. The number of ether oxygens (including phenoxy) is 1. The van der Waals surface area contributed by atoms with Gasteiger partial charge in [-0.3, -0.25) is 0 Å². The minimum Gasteiger partial charge on any atom is -0.399 e. The zero-order chi connectivity index (χ0) is 15.9. The molecule has 0 amide bonds. The van der Waals surface area contributed by atoms with Crippen molar-refractivity contribution in [2.45, 2.75) is 17.3 Å². The number of halogens is 10. The Balaban J connectivity index is 6.00. The maximum atomic E-state index is 12.8. The van der Waals surface area contributed by atoms with Gasteiger partial charge in [0.05, 0.1) is 0 Å². The lowest BCUT2D eigenvalue weighted by atomic mass is 10.3. The third-order valence-corrected chi connectivity index (χ3v) is 2.58. The summed E-state index contributed by atoms with van der Waals surface area (Å²) >= 11 is 0. The van der Waals surface area contributed by atoms with Crippen molar-refractivity contribution >= 4 is 10.2 Å². The fraction of sp³-hybridized carbons (Fsp3) is 0.600. The Bertz CT molecular complexity index is 474. The van der Waals surface area contributed by atoms with E-state index in [4.69, 9.17) is 0 Å². The van der Waals surface area contributed by atoms with Crippen LogP contribution in [0, 0.1) is 0 Å². The highest BCUT2D eigenvalue weighted by atomic mass is 32.3. The van der Waals surface area contributed by atoms with Crippen molar-refractivity contribution in [3.05, 3.63) is 12.1 Å². The SMILES string of the molecule is O=S(=O)(F)C(F)(C(F)(F)F)C(F)(F)OC(F)=C(F)F. The van der Waals surface area contributed by atoms with Crippen LogP contribution in [0.4, 0.5) is 43.4 Å². The number of alkyl halides is 6. The van der Waals surface area contributed by atoms with E-state index in [9.17, 15) is 51.8 Å². The zero-order valence-corrected chi connectivity index (χ0v) is 8.73. The molecule has 0 aliphatic heterocycles. The first-order valence-corrected chi connectivity index (χ1v) is 4.93. The minimum absolute atomic E-state index is 1.93. The Morgan fingerprint density at radius 1 is 0.895 bits per heavy atom. The van der Waals surface area contributed by atoms with Gasteiger partial charge in [-0.2, -0.15) is 43.5 Å². The molecule has 0 saturated carbocycles. The van der Waals surface area contributed by atoms with Crippen LogP contribution in [0.15, 0.2) is 12.1 Å². The summed E-state index contributed by atoms with van der Waals surface area (Å²) in [5.41, 5.74) is 0. The summed E-state index contributed by atoms with van der Waals surface area (Å²) in [6, 6.07) is -3.71. The van der Waals surface area contributed by atoms with E-state index in [1.807, 2.05) is 4.74 Å². The number of rotatable bonds is 4. The molecule has 1 atom stereocenters. The molecule has 0 aromatic carbocycles. The fourth-order valence-electron chi connectivity index (χ4n) is 0.662. The predicted octanol–water partition coefficient (Wildman–Crippen LogP) is 3.16. The standard InChI is InChI=1S/C5F10O3S/c6-1(7)2(8)18-5(13,14)3(9,4(10,11)12)19(15,16)17. The van der Waals surface area contributed by atoms with Crippen LogP contribution in [0.5, 0.6) is 0 Å². The second kappa shape index (κ2) is 4.72. The van der Waals surface area contributed by atoms with Crippen molar-refractivity contribution in [2.75, 3.05) is 0 Å². The van der Waals surface area contributed by atoms with Crippen LogP contribution in [0.1, 0.15) is 0 Å². The molecule has 0 N–H and O–H groups in total. The molecule has 0 rings (SSSR count). The predicted molar refractivity (Wildman–Crippen MR) is 36.3 cm³/mol. The lowest BCUT2D eigenvalue weighted by Gasteiger charge is -2.29. The molecular formula is C5F10O3S. The molecule has 0 heterocycles. The van der Waals surface area contributed by atoms with Crippen LogP contribution < -0.4 is 0 Å². The Morgan fingerprint density at radius 3 is 1.47 bits per heavy atom. The van der Waals surface area contributed by atoms with Crippen LogP contribution in [0.2, 0.25) is 0 Å². The van der Waals surface area contributed by atoms with E-state index < -0.39 is 39.6 Å². The summed E-state index contributed by atoms with van der Waals surface area (Å²) in [6.45, 7) is 0. The van der Waals surface area contributed by atoms with E-state index in [1.165, 1.54) is 0 Å². The smallest absolute Gasteiger partial charge is 0.399 e. The maximum absolute atomic E-state index is 12.8. The van der Waals surface area contributed by atoms with Crippen molar-refractivity contribution in [3.63, 3.8) is 0 Å². The molecular weight excluding hydrogens is 330 g/mol. The summed E-state index contributed by atoms with van der Waals surface area (Å²) < 4.78 is 142. The molecule has 0 aliphatic rings. The van der Waals surface area contributed by atoms with Crippen molar-refractivity contribution in [2.24, 2.45) is 0 Å². The van der Waals surface area contributed by atoms with E-state index >= 15 is 0 Å². The summed E-state index contributed by atoms with van der Waals surface area (Å²) in [4.78, 5) is 0. The fourth-order valence-corrected chi connectivity index (χ4v) is 1.26. The molecule has 0 aliphatic carbocycles. The van der Waals surface area contributed by atoms with Gasteiger partial charge in [0.15, 0.2) is 0 Å². The van der Waals surface area contributed by atoms with Crippen molar-refractivity contribution in [1.29, 1.82) is 0 Å². The monoisotopic (exact) mass is 330 g/mol. The third kappa shape index (κ3) is 3.03. The lowest BCUT2D eigenvalue weighted by Crippen LogP contribution is -2.60. The minimum atomic E-state index is -7.75. The Hall–Kier alpha value is -1.21. The summed E-state index contributed by atoms with van der Waals surface area (Å²) in [7, 11) is -7.75. The molecule has 1 unspecified atom stereocenters. The largest absolute Gasteiger partial charge is 0.462 e. The molecule has 14 heteroatoms. The van der Waals surface area contributed by atoms with E-state index in [2.05, 4.69) is 0 Å². The van der Waals surface area contributed by atoms with Gasteiger partial charge in [0.25, 0.3) is 0 Å². The van der Waals surface area contributed by atoms with Crippen LogP contribution in [-0.4, -0.2) is 25.7 Å². The number of hydrogen-bond donors (Lipinski definition) is 0. The van der Waals surface area contributed by atoms with E-state index in [0.29, 0.717) is 0 Å². The van der Waals surface area contributed by atoms with E-state index in [0.717, 1.165) is 0 Å². The molecule has 0 spiro atoms. The topological polar surface area (TPSA) is 43.4 Å². The van der Waals surface area contributed by atoms with Crippen molar-refractivity contribution in [1.82, 2.24) is 0 Å². The van der Waals surface area contributed by atoms with E-state index in [1.54, 1.807) is 0 Å².